The summed E-state index contributed by atoms with van der Waals surface area (Å²) in [5.41, 5.74) is 2.40. The fraction of sp³-hybridized carbons (Fsp3) is 0.720. The van der Waals surface area contributed by atoms with Crippen molar-refractivity contribution in [2.24, 2.45) is 11.3 Å². The summed E-state index contributed by atoms with van der Waals surface area (Å²) in [6.07, 6.45) is 6.06. The Morgan fingerprint density at radius 1 is 1.33 bits per heavy atom. The number of carbonyl (C=O) groups excluding carboxylic acids is 1. The van der Waals surface area contributed by atoms with Crippen LogP contribution in [0.3, 0.4) is 0 Å². The molecule has 0 spiro atoms. The van der Waals surface area contributed by atoms with Gasteiger partial charge in [0.25, 0.3) is 0 Å². The normalized spacial score (nSPS) is 33.4. The molecule has 4 aliphatic rings. The second kappa shape index (κ2) is 7.23. The standard InChI is InChI=1S/C25H36N2O3/c1-24(2,3)23(28)26-18-13-25-9-10-27(14-16-5-6-16)21(22(25)30-15-18)11-17-7-8-19(29-4)12-20(17)25/h7-8,12,16,18,21-22H,5-6,9-11,13-15H2,1-4H3,(H,26,28)/t18?,21-,22?,25-/m0/s1. The number of hydrogen-bond acceptors (Lipinski definition) is 4. The van der Waals surface area contributed by atoms with E-state index in [9.17, 15) is 4.79 Å². The van der Waals surface area contributed by atoms with Crippen molar-refractivity contribution >= 4 is 5.91 Å². The maximum atomic E-state index is 12.7. The Bertz CT molecular complexity index is 828. The Kier molecular flexibility index (Phi) is 4.90. The van der Waals surface area contributed by atoms with E-state index in [1.807, 2.05) is 20.8 Å². The molecule has 2 heterocycles. The third-order valence-electron chi connectivity index (χ3n) is 7.78. The van der Waals surface area contributed by atoms with Crippen molar-refractivity contribution in [2.45, 2.75) is 76.5 Å². The molecule has 2 saturated heterocycles. The number of hydrogen-bond donors (Lipinski definition) is 1. The van der Waals surface area contributed by atoms with Gasteiger partial charge in [-0.25, -0.2) is 0 Å². The highest BCUT2D eigenvalue weighted by atomic mass is 16.5. The minimum Gasteiger partial charge on any atom is -0.497 e. The van der Waals surface area contributed by atoms with Gasteiger partial charge in [0.2, 0.25) is 5.91 Å². The average molecular weight is 413 g/mol. The number of nitrogens with zero attached hydrogens (tertiary/aromatic N) is 1. The molecule has 5 heteroatoms. The van der Waals surface area contributed by atoms with E-state index >= 15 is 0 Å². The fourth-order valence-corrected chi connectivity index (χ4v) is 5.95. The maximum Gasteiger partial charge on any atom is 0.225 e. The molecule has 3 fully saturated rings. The van der Waals surface area contributed by atoms with E-state index in [1.165, 1.54) is 30.5 Å². The second-order valence-electron chi connectivity index (χ2n) is 11.0. The average Bonchev–Trinajstić information content (AvgIpc) is 3.53. The Hall–Kier alpha value is -1.59. The summed E-state index contributed by atoms with van der Waals surface area (Å²) < 4.78 is 12.2. The molecule has 2 bridgehead atoms. The first kappa shape index (κ1) is 20.3. The maximum absolute atomic E-state index is 12.7. The van der Waals surface area contributed by atoms with Gasteiger partial charge in [-0.1, -0.05) is 26.8 Å². The monoisotopic (exact) mass is 412 g/mol. The van der Waals surface area contributed by atoms with Crippen LogP contribution in [0, 0.1) is 11.3 Å². The fourth-order valence-electron chi connectivity index (χ4n) is 5.95. The molecule has 4 atom stereocenters. The summed E-state index contributed by atoms with van der Waals surface area (Å²) in [5.74, 6) is 1.91. The predicted molar refractivity (Wildman–Crippen MR) is 117 cm³/mol. The van der Waals surface area contributed by atoms with Crippen LogP contribution in [0.4, 0.5) is 0 Å². The van der Waals surface area contributed by atoms with Crippen molar-refractivity contribution < 1.29 is 14.3 Å². The van der Waals surface area contributed by atoms with Gasteiger partial charge in [-0.15, -0.1) is 0 Å². The minimum absolute atomic E-state index is 0.0408. The van der Waals surface area contributed by atoms with Gasteiger partial charge in [-0.2, -0.15) is 0 Å². The Morgan fingerprint density at radius 3 is 2.83 bits per heavy atom. The van der Waals surface area contributed by atoms with E-state index in [1.54, 1.807) is 7.11 Å². The summed E-state index contributed by atoms with van der Waals surface area (Å²) in [5, 5.41) is 3.29. The molecule has 1 N–H and O–H groups in total. The number of piperidine rings is 1. The van der Waals surface area contributed by atoms with Crippen LogP contribution >= 0.6 is 0 Å². The van der Waals surface area contributed by atoms with Crippen LogP contribution in [0.5, 0.6) is 5.75 Å². The molecule has 5 nitrogen and oxygen atoms in total. The van der Waals surface area contributed by atoms with Gasteiger partial charge in [0.05, 0.1) is 25.9 Å². The molecular formula is C25H36N2O3. The predicted octanol–water partition coefficient (Wildman–Crippen LogP) is 3.29. The first-order valence-corrected chi connectivity index (χ1v) is 11.6. The quantitative estimate of drug-likeness (QED) is 0.825. The number of benzene rings is 1. The van der Waals surface area contributed by atoms with Crippen molar-refractivity contribution in [1.82, 2.24) is 10.2 Å². The van der Waals surface area contributed by atoms with E-state index in [2.05, 4.69) is 28.4 Å². The zero-order valence-electron chi connectivity index (χ0n) is 18.9. The zero-order valence-corrected chi connectivity index (χ0v) is 18.9. The summed E-state index contributed by atoms with van der Waals surface area (Å²) in [6.45, 7) is 8.87. The van der Waals surface area contributed by atoms with Crippen LogP contribution in [-0.2, 0) is 21.4 Å². The van der Waals surface area contributed by atoms with Crippen LogP contribution < -0.4 is 10.1 Å². The summed E-state index contributed by atoms with van der Waals surface area (Å²) in [7, 11) is 1.74. The van der Waals surface area contributed by atoms with E-state index in [0.717, 1.165) is 37.5 Å². The van der Waals surface area contributed by atoms with E-state index < -0.39 is 5.41 Å². The number of likely N-dealkylation sites (tertiary alicyclic amines) is 1. The lowest BCUT2D eigenvalue weighted by Crippen LogP contribution is -2.68. The number of rotatable bonds is 4. The molecule has 2 aliphatic carbocycles. The summed E-state index contributed by atoms with van der Waals surface area (Å²) in [4.78, 5) is 15.4. The number of amides is 1. The number of methoxy groups -OCH3 is 1. The Labute approximate surface area is 180 Å². The van der Waals surface area contributed by atoms with Gasteiger partial charge in [-0.3, -0.25) is 9.69 Å². The van der Waals surface area contributed by atoms with Gasteiger partial charge in [0.15, 0.2) is 0 Å². The number of carbonyl (C=O) groups is 1. The molecule has 2 aliphatic heterocycles. The molecule has 0 aromatic heterocycles. The molecule has 1 aromatic carbocycles. The lowest BCUT2D eigenvalue weighted by molar-refractivity contribution is -0.146. The van der Waals surface area contributed by atoms with Gasteiger partial charge >= 0.3 is 0 Å². The molecule has 1 amide bonds. The zero-order chi connectivity index (χ0) is 21.1. The highest BCUT2D eigenvalue weighted by molar-refractivity contribution is 5.81. The number of ether oxygens (including phenoxy) is 2. The Morgan fingerprint density at radius 2 is 2.13 bits per heavy atom. The SMILES string of the molecule is COc1ccc2c(c1)[C@@]13CCN(CC4CC4)[C@@H](C2)C1OCC(NC(=O)C(C)(C)C)C3. The van der Waals surface area contributed by atoms with Crippen molar-refractivity contribution in [3.63, 3.8) is 0 Å². The molecule has 1 aromatic rings. The lowest BCUT2D eigenvalue weighted by atomic mass is 9.58. The van der Waals surface area contributed by atoms with Crippen LogP contribution in [-0.4, -0.2) is 55.8 Å². The van der Waals surface area contributed by atoms with Crippen molar-refractivity contribution in [1.29, 1.82) is 0 Å². The van der Waals surface area contributed by atoms with Gasteiger partial charge in [0.1, 0.15) is 5.75 Å². The van der Waals surface area contributed by atoms with Crippen molar-refractivity contribution in [3.05, 3.63) is 29.3 Å². The first-order chi connectivity index (χ1) is 14.3. The van der Waals surface area contributed by atoms with Crippen molar-refractivity contribution in [2.75, 3.05) is 26.8 Å². The van der Waals surface area contributed by atoms with Crippen molar-refractivity contribution in [3.8, 4) is 5.75 Å². The Balaban J connectivity index is 1.48. The smallest absolute Gasteiger partial charge is 0.225 e. The molecule has 1 saturated carbocycles. The van der Waals surface area contributed by atoms with E-state index in [0.29, 0.717) is 12.6 Å². The summed E-state index contributed by atoms with van der Waals surface area (Å²) >= 11 is 0. The highest BCUT2D eigenvalue weighted by Crippen LogP contribution is 2.52. The topological polar surface area (TPSA) is 50.8 Å². The molecule has 0 radical (unpaired) electrons. The highest BCUT2D eigenvalue weighted by Gasteiger charge is 2.57. The third kappa shape index (κ3) is 3.44. The van der Waals surface area contributed by atoms with Crippen LogP contribution in [0.1, 0.15) is 57.6 Å². The molecule has 5 rings (SSSR count). The number of nitrogens with one attached hydrogen (secondary N) is 1. The lowest BCUT2D eigenvalue weighted by Gasteiger charge is -2.59. The van der Waals surface area contributed by atoms with Gasteiger partial charge < -0.3 is 14.8 Å². The third-order valence-corrected chi connectivity index (χ3v) is 7.78. The molecule has 30 heavy (non-hydrogen) atoms. The number of fused-ring (bicyclic) bond motifs is 1. The van der Waals surface area contributed by atoms with Crippen LogP contribution in [0.25, 0.3) is 0 Å². The first-order valence-electron chi connectivity index (χ1n) is 11.6. The minimum atomic E-state index is -0.391. The second-order valence-corrected chi connectivity index (χ2v) is 11.0. The van der Waals surface area contributed by atoms with E-state index in [-0.39, 0.29) is 23.5 Å². The van der Waals surface area contributed by atoms with Gasteiger partial charge in [0, 0.05) is 23.4 Å². The molecular weight excluding hydrogens is 376 g/mol. The largest absolute Gasteiger partial charge is 0.497 e. The van der Waals surface area contributed by atoms with E-state index in [4.69, 9.17) is 9.47 Å². The van der Waals surface area contributed by atoms with Gasteiger partial charge in [-0.05, 0) is 67.8 Å². The molecule has 2 unspecified atom stereocenters. The summed E-state index contributed by atoms with van der Waals surface area (Å²) in [6, 6.07) is 7.10. The van der Waals surface area contributed by atoms with Crippen LogP contribution in [0.15, 0.2) is 18.2 Å². The van der Waals surface area contributed by atoms with Crippen LogP contribution in [0.2, 0.25) is 0 Å². The molecule has 164 valence electrons.